The molecule has 9 rings (SSSR count). The summed E-state index contributed by atoms with van der Waals surface area (Å²) < 4.78 is 35.2. The van der Waals surface area contributed by atoms with Crippen molar-refractivity contribution in [3.8, 4) is 34.5 Å². The second-order valence-corrected chi connectivity index (χ2v) is 12.2. The number of hydrogen-bond donors (Lipinski definition) is 2. The highest BCUT2D eigenvalue weighted by Crippen LogP contribution is 2.36. The second kappa shape index (κ2) is 15.0. The number of amides is 3. The van der Waals surface area contributed by atoms with Crippen molar-refractivity contribution >= 4 is 17.7 Å². The van der Waals surface area contributed by atoms with Crippen LogP contribution in [0.25, 0.3) is 0 Å². The summed E-state index contributed by atoms with van der Waals surface area (Å²) in [4.78, 5) is 44.2. The van der Waals surface area contributed by atoms with Crippen molar-refractivity contribution in [3.05, 3.63) is 71.8 Å². The quantitative estimate of drug-likeness (QED) is 0.427. The van der Waals surface area contributed by atoms with Gasteiger partial charge >= 0.3 is 0 Å². The number of nitrogens with zero attached hydrogens (tertiary/aromatic N) is 2. The number of likely N-dealkylation sites (N-methyl/N-ethyl adjacent to an activating group) is 1. The van der Waals surface area contributed by atoms with E-state index in [0.29, 0.717) is 85.8 Å². The van der Waals surface area contributed by atoms with Crippen LogP contribution in [0, 0.1) is 0 Å². The van der Waals surface area contributed by atoms with Gasteiger partial charge in [0.25, 0.3) is 11.8 Å². The molecule has 0 unspecified atom stereocenters. The van der Waals surface area contributed by atoms with Gasteiger partial charge in [0.1, 0.15) is 35.6 Å². The molecule has 2 N–H and O–H groups in total. The van der Waals surface area contributed by atoms with Gasteiger partial charge in [0.15, 0.2) is 17.1 Å². The van der Waals surface area contributed by atoms with Crippen molar-refractivity contribution in [1.29, 1.82) is 0 Å². The summed E-state index contributed by atoms with van der Waals surface area (Å²) in [5.41, 5.74) is -0.118. The van der Waals surface area contributed by atoms with Crippen molar-refractivity contribution in [2.45, 2.75) is 31.0 Å². The molecule has 2 saturated heterocycles. The van der Waals surface area contributed by atoms with E-state index in [1.54, 1.807) is 72.7 Å². The van der Waals surface area contributed by atoms with E-state index in [4.69, 9.17) is 28.4 Å². The Bertz CT molecular complexity index is 1660. The van der Waals surface area contributed by atoms with Gasteiger partial charge in [0.05, 0.1) is 34.0 Å². The molecule has 260 valence electrons. The van der Waals surface area contributed by atoms with Crippen molar-refractivity contribution in [2.24, 2.45) is 0 Å². The molecule has 6 aliphatic heterocycles. The molecule has 0 aromatic heterocycles. The number of methoxy groups -OCH3 is 2. The van der Waals surface area contributed by atoms with Crippen LogP contribution < -0.4 is 34.3 Å². The number of nitrogens with one attached hydrogen (secondary N) is 2. The Morgan fingerprint density at radius 3 is 2.33 bits per heavy atom. The Balaban J connectivity index is 1.26. The van der Waals surface area contributed by atoms with Gasteiger partial charge in [-0.1, -0.05) is 0 Å². The lowest BCUT2D eigenvalue weighted by Gasteiger charge is -2.42. The smallest absolute Gasteiger partial charge is 0.264 e. The zero-order chi connectivity index (χ0) is 34.4. The normalized spacial score (nSPS) is 20.1. The second-order valence-electron chi connectivity index (χ2n) is 12.2. The van der Waals surface area contributed by atoms with Gasteiger partial charge in [0, 0.05) is 56.2 Å². The lowest BCUT2D eigenvalue weighted by Crippen LogP contribution is -2.60. The zero-order valence-electron chi connectivity index (χ0n) is 28.0. The van der Waals surface area contributed by atoms with E-state index >= 15 is 0 Å². The van der Waals surface area contributed by atoms with Gasteiger partial charge in [-0.3, -0.25) is 19.3 Å². The average molecular weight is 675 g/mol. The van der Waals surface area contributed by atoms with Crippen LogP contribution in [0.4, 0.5) is 0 Å². The molecule has 3 aromatic carbocycles. The van der Waals surface area contributed by atoms with Crippen LogP contribution in [0.3, 0.4) is 0 Å². The first-order valence-electron chi connectivity index (χ1n) is 16.4. The van der Waals surface area contributed by atoms with Crippen LogP contribution in [-0.4, -0.2) is 106 Å². The maximum Gasteiger partial charge on any atom is 0.264 e. The SMILES string of the molecule is COc1cc2ccc1CNC(=O)C1(CCN(C(=O)[C@H]3COCCN3C)CC1)Oc1ccc(cc1)OCCNC(=O)c1ccc(OC)c(c1)O2. The monoisotopic (exact) mass is 674 g/mol. The molecule has 2 fully saturated rings. The standard InChI is InChI=1S/C36H42N4O9/c1-39-17-19-46-23-29(39)34(42)40-15-12-36(13-16-40)35(43)38-22-25-4-6-28(21-31(25)45-3)48-32-20-24(5-11-30(32)44-2)33(41)37-14-18-47-26-7-9-27(49-36)10-8-26/h4-11,20-21,29H,12-19,22-23H2,1-3H3,(H,37,41)(H,38,43)/t29-/m1/s1. The third-order valence-corrected chi connectivity index (χ3v) is 9.12. The molecular weight excluding hydrogens is 632 g/mol. The van der Waals surface area contributed by atoms with Crippen LogP contribution in [0.2, 0.25) is 0 Å². The highest BCUT2D eigenvalue weighted by molar-refractivity contribution is 5.95. The fraction of sp³-hybridized carbons (Fsp3) is 0.417. The largest absolute Gasteiger partial charge is 0.496 e. The summed E-state index contributed by atoms with van der Waals surface area (Å²) in [6, 6.07) is 16.9. The molecule has 0 aliphatic carbocycles. The number of carbonyl (C=O) groups is 3. The molecule has 1 atom stereocenters. The Morgan fingerprint density at radius 2 is 1.59 bits per heavy atom. The highest BCUT2D eigenvalue weighted by Gasteiger charge is 2.46. The zero-order valence-corrected chi connectivity index (χ0v) is 28.0. The lowest BCUT2D eigenvalue weighted by atomic mass is 9.89. The predicted octanol–water partition coefficient (Wildman–Crippen LogP) is 3.01. The highest BCUT2D eigenvalue weighted by atomic mass is 16.5. The van der Waals surface area contributed by atoms with Gasteiger partial charge in [-0.2, -0.15) is 0 Å². The van der Waals surface area contributed by atoms with E-state index in [0.717, 1.165) is 5.56 Å². The topological polar surface area (TPSA) is 137 Å². The molecule has 1 spiro atoms. The summed E-state index contributed by atoms with van der Waals surface area (Å²) in [7, 11) is 4.99. The maximum atomic E-state index is 14.1. The third kappa shape index (κ3) is 7.68. The Morgan fingerprint density at radius 1 is 0.857 bits per heavy atom. The number of benzene rings is 3. The number of likely N-dealkylation sites (tertiary alicyclic amines) is 1. The van der Waals surface area contributed by atoms with Crippen LogP contribution in [0.15, 0.2) is 60.7 Å². The summed E-state index contributed by atoms with van der Waals surface area (Å²) in [5.74, 6) is 2.23. The van der Waals surface area contributed by atoms with Gasteiger partial charge in [0.2, 0.25) is 5.91 Å². The van der Waals surface area contributed by atoms with Gasteiger partial charge in [-0.25, -0.2) is 0 Å². The number of piperidine rings is 1. The molecule has 6 aliphatic rings. The number of rotatable bonds is 3. The van der Waals surface area contributed by atoms with E-state index in [-0.39, 0.29) is 43.5 Å². The number of carbonyl (C=O) groups excluding carboxylic acids is 3. The number of morpholine rings is 1. The van der Waals surface area contributed by atoms with E-state index in [1.165, 1.54) is 7.11 Å². The predicted molar refractivity (Wildman–Crippen MR) is 179 cm³/mol. The summed E-state index contributed by atoms with van der Waals surface area (Å²) in [5, 5.41) is 5.92. The maximum absolute atomic E-state index is 14.1. The average Bonchev–Trinajstić information content (AvgIpc) is 3.13. The molecule has 49 heavy (non-hydrogen) atoms. The molecule has 13 heteroatoms. The van der Waals surface area contributed by atoms with Crippen molar-refractivity contribution in [1.82, 2.24) is 20.4 Å². The van der Waals surface area contributed by atoms with E-state index in [1.807, 2.05) is 11.9 Å². The third-order valence-electron chi connectivity index (χ3n) is 9.12. The molecule has 0 saturated carbocycles. The van der Waals surface area contributed by atoms with Gasteiger partial charge in [-0.15, -0.1) is 0 Å². The van der Waals surface area contributed by atoms with Crippen LogP contribution >= 0.6 is 0 Å². The summed E-state index contributed by atoms with van der Waals surface area (Å²) in [6.07, 6.45) is 0.593. The van der Waals surface area contributed by atoms with E-state index in [9.17, 15) is 14.4 Å². The molecule has 13 nitrogen and oxygen atoms in total. The Labute approximate surface area is 285 Å². The first-order chi connectivity index (χ1) is 23.8. The van der Waals surface area contributed by atoms with Gasteiger partial charge in [-0.05, 0) is 61.6 Å². The fourth-order valence-electron chi connectivity index (χ4n) is 6.18. The lowest BCUT2D eigenvalue weighted by molar-refractivity contribution is -0.151. The van der Waals surface area contributed by atoms with Gasteiger partial charge < -0.3 is 44.0 Å². The summed E-state index contributed by atoms with van der Waals surface area (Å²) in [6.45, 7) is 2.99. The van der Waals surface area contributed by atoms with Crippen molar-refractivity contribution < 1.29 is 42.8 Å². The molecule has 6 bridgehead atoms. The first-order valence-corrected chi connectivity index (χ1v) is 16.4. The Kier molecular flexibility index (Phi) is 10.4. The summed E-state index contributed by atoms with van der Waals surface area (Å²) >= 11 is 0. The minimum atomic E-state index is -1.23. The van der Waals surface area contributed by atoms with Crippen LogP contribution in [0.1, 0.15) is 28.8 Å². The Hall–Kier alpha value is -5.01. The molecule has 0 radical (unpaired) electrons. The van der Waals surface area contributed by atoms with Crippen LogP contribution in [0.5, 0.6) is 34.5 Å². The fourth-order valence-corrected chi connectivity index (χ4v) is 6.18. The van der Waals surface area contributed by atoms with E-state index in [2.05, 4.69) is 10.6 Å². The minimum absolute atomic E-state index is 0.00930. The van der Waals surface area contributed by atoms with Crippen molar-refractivity contribution in [2.75, 3.05) is 67.3 Å². The van der Waals surface area contributed by atoms with Crippen molar-refractivity contribution in [3.63, 3.8) is 0 Å². The molecule has 6 heterocycles. The molecule has 3 amide bonds. The first kappa shape index (κ1) is 33.9. The van der Waals surface area contributed by atoms with E-state index < -0.39 is 5.60 Å². The molecule has 3 aromatic rings. The molecular formula is C36H42N4O9. The van der Waals surface area contributed by atoms with Crippen LogP contribution in [-0.2, 0) is 20.9 Å². The number of ether oxygens (including phenoxy) is 6. The number of hydrogen-bond acceptors (Lipinski definition) is 10. The minimum Gasteiger partial charge on any atom is -0.496 e.